The molecule has 1 aliphatic rings. The number of carbonyl (C=O) groups is 2. The molecule has 1 aromatic heterocycles. The number of aromatic nitrogens is 2. The monoisotopic (exact) mass is 482 g/mol. The highest BCUT2D eigenvalue weighted by molar-refractivity contribution is 5.89. The van der Waals surface area contributed by atoms with E-state index in [1.54, 1.807) is 19.1 Å². The Balaban J connectivity index is 1.58. The van der Waals surface area contributed by atoms with Crippen LogP contribution in [-0.2, 0) is 16.0 Å². The first-order chi connectivity index (χ1) is 16.7. The summed E-state index contributed by atoms with van der Waals surface area (Å²) in [7, 11) is 0. The number of rotatable bonds is 7. The lowest BCUT2D eigenvalue weighted by Crippen LogP contribution is -2.47. The number of hydrogen-bond acceptors (Lipinski definition) is 5. The van der Waals surface area contributed by atoms with E-state index in [4.69, 9.17) is 4.42 Å². The lowest BCUT2D eigenvalue weighted by Gasteiger charge is -2.27. The summed E-state index contributed by atoms with van der Waals surface area (Å²) in [6.07, 6.45) is -1.68. The first kappa shape index (κ1) is 24.5. The number of hydrogen-bond donors (Lipinski definition) is 1. The van der Waals surface area contributed by atoms with Gasteiger partial charge in [-0.2, -0.15) is 0 Å². The number of nitrogens with zero attached hydrogens (tertiary/aromatic N) is 3. The van der Waals surface area contributed by atoms with Gasteiger partial charge in [0.25, 0.3) is 0 Å². The number of aryl methyl sites for hydroxylation is 1. The zero-order valence-corrected chi connectivity index (χ0v) is 19.9. The smallest absolute Gasteiger partial charge is 0.243 e. The minimum atomic E-state index is -1.34. The van der Waals surface area contributed by atoms with Gasteiger partial charge in [0.15, 0.2) is 0 Å². The fourth-order valence-corrected chi connectivity index (χ4v) is 4.38. The molecule has 2 amide bonds. The Hall–Kier alpha value is -3.62. The number of benzene rings is 2. The van der Waals surface area contributed by atoms with E-state index in [1.807, 2.05) is 44.2 Å². The third-order valence-electron chi connectivity index (χ3n) is 6.14. The fraction of sp³-hybridized carbons (Fsp3) is 0.385. The maximum Gasteiger partial charge on any atom is 0.243 e. The molecular formula is C26H28F2N4O3. The van der Waals surface area contributed by atoms with Crippen LogP contribution in [0.1, 0.15) is 60.7 Å². The summed E-state index contributed by atoms with van der Waals surface area (Å²) < 4.78 is 34.4. The second-order valence-electron chi connectivity index (χ2n) is 9.07. The topological polar surface area (TPSA) is 88.3 Å². The number of carbonyl (C=O) groups excluding carboxylic acids is 2. The van der Waals surface area contributed by atoms with Crippen molar-refractivity contribution in [3.63, 3.8) is 0 Å². The quantitative estimate of drug-likeness (QED) is 0.549. The average Bonchev–Trinajstić information content (AvgIpc) is 3.42. The van der Waals surface area contributed by atoms with Crippen molar-refractivity contribution < 1.29 is 22.8 Å². The molecule has 9 heteroatoms. The van der Waals surface area contributed by atoms with E-state index >= 15 is 0 Å². The van der Waals surface area contributed by atoms with Crippen LogP contribution in [0.3, 0.4) is 0 Å². The molecule has 1 saturated heterocycles. The molecule has 0 saturated carbocycles. The van der Waals surface area contributed by atoms with E-state index in [9.17, 15) is 18.4 Å². The SMILES string of the molecule is Cc1nnc(CC(=O)N2CC(F)CC2C(=O)NC(c2ccccc2)c2ccc(C(C)C)c(F)c2)o1. The van der Waals surface area contributed by atoms with Gasteiger partial charge < -0.3 is 14.6 Å². The second-order valence-corrected chi connectivity index (χ2v) is 9.07. The van der Waals surface area contributed by atoms with Crippen LogP contribution in [0.2, 0.25) is 0 Å². The Morgan fingerprint density at radius 3 is 2.51 bits per heavy atom. The maximum atomic E-state index is 14.8. The van der Waals surface area contributed by atoms with Crippen molar-refractivity contribution in [2.75, 3.05) is 6.54 Å². The molecule has 1 N–H and O–H groups in total. The van der Waals surface area contributed by atoms with Crippen molar-refractivity contribution in [2.24, 2.45) is 0 Å². The fourth-order valence-electron chi connectivity index (χ4n) is 4.38. The van der Waals surface area contributed by atoms with Crippen LogP contribution in [0.5, 0.6) is 0 Å². The van der Waals surface area contributed by atoms with Crippen LogP contribution in [0.15, 0.2) is 52.9 Å². The highest BCUT2D eigenvalue weighted by Crippen LogP contribution is 2.28. The largest absolute Gasteiger partial charge is 0.425 e. The second kappa shape index (κ2) is 10.3. The summed E-state index contributed by atoms with van der Waals surface area (Å²) in [6, 6.07) is 12.4. The Bertz CT molecular complexity index is 1200. The lowest BCUT2D eigenvalue weighted by atomic mass is 9.94. The van der Waals surface area contributed by atoms with E-state index < -0.39 is 30.1 Å². The Kier molecular flexibility index (Phi) is 7.23. The van der Waals surface area contributed by atoms with Crippen molar-refractivity contribution in [2.45, 2.75) is 57.8 Å². The third kappa shape index (κ3) is 5.55. The molecule has 0 spiro atoms. The number of nitrogens with one attached hydrogen (secondary N) is 1. The zero-order chi connectivity index (χ0) is 25.1. The molecule has 3 atom stereocenters. The summed E-state index contributed by atoms with van der Waals surface area (Å²) in [5.74, 6) is -0.912. The molecule has 2 heterocycles. The summed E-state index contributed by atoms with van der Waals surface area (Å²) in [5.41, 5.74) is 1.88. The molecule has 1 fully saturated rings. The van der Waals surface area contributed by atoms with Crippen LogP contribution < -0.4 is 5.32 Å². The molecule has 35 heavy (non-hydrogen) atoms. The lowest BCUT2D eigenvalue weighted by molar-refractivity contribution is -0.138. The van der Waals surface area contributed by atoms with E-state index in [1.165, 1.54) is 11.0 Å². The maximum absolute atomic E-state index is 14.8. The Labute approximate surface area is 202 Å². The first-order valence-corrected chi connectivity index (χ1v) is 11.6. The van der Waals surface area contributed by atoms with Crippen molar-refractivity contribution in [1.29, 1.82) is 0 Å². The summed E-state index contributed by atoms with van der Waals surface area (Å²) in [4.78, 5) is 27.4. The van der Waals surface area contributed by atoms with Crippen LogP contribution in [0, 0.1) is 12.7 Å². The predicted octanol–water partition coefficient (Wildman–Crippen LogP) is 4.03. The molecular weight excluding hydrogens is 454 g/mol. The van der Waals surface area contributed by atoms with Crippen LogP contribution in [0.25, 0.3) is 0 Å². The van der Waals surface area contributed by atoms with Gasteiger partial charge in [0.1, 0.15) is 24.5 Å². The van der Waals surface area contributed by atoms with Crippen molar-refractivity contribution in [1.82, 2.24) is 20.4 Å². The third-order valence-corrected chi connectivity index (χ3v) is 6.14. The number of likely N-dealkylation sites (tertiary alicyclic amines) is 1. The van der Waals surface area contributed by atoms with Gasteiger partial charge in [-0.3, -0.25) is 9.59 Å². The van der Waals surface area contributed by atoms with Gasteiger partial charge in [-0.05, 0) is 28.7 Å². The van der Waals surface area contributed by atoms with Crippen molar-refractivity contribution in [3.8, 4) is 0 Å². The summed E-state index contributed by atoms with van der Waals surface area (Å²) >= 11 is 0. The molecule has 0 radical (unpaired) electrons. The van der Waals surface area contributed by atoms with Gasteiger partial charge in [-0.1, -0.05) is 56.3 Å². The van der Waals surface area contributed by atoms with Crippen molar-refractivity contribution >= 4 is 11.8 Å². The molecule has 2 aromatic carbocycles. The number of amides is 2. The van der Waals surface area contributed by atoms with Gasteiger partial charge in [-0.25, -0.2) is 8.78 Å². The molecule has 0 aliphatic carbocycles. The van der Waals surface area contributed by atoms with Gasteiger partial charge in [-0.15, -0.1) is 10.2 Å². The number of alkyl halides is 1. The first-order valence-electron chi connectivity index (χ1n) is 11.6. The van der Waals surface area contributed by atoms with Gasteiger partial charge in [0.2, 0.25) is 23.6 Å². The van der Waals surface area contributed by atoms with Crippen molar-refractivity contribution in [3.05, 3.63) is 82.8 Å². The van der Waals surface area contributed by atoms with Crippen LogP contribution >= 0.6 is 0 Å². The molecule has 3 aromatic rings. The number of halogens is 2. The molecule has 3 unspecified atom stereocenters. The van der Waals surface area contributed by atoms with Gasteiger partial charge in [0, 0.05) is 13.3 Å². The average molecular weight is 483 g/mol. The highest BCUT2D eigenvalue weighted by atomic mass is 19.1. The van der Waals surface area contributed by atoms with E-state index in [-0.39, 0.29) is 37.0 Å². The zero-order valence-electron chi connectivity index (χ0n) is 19.9. The van der Waals surface area contributed by atoms with E-state index in [0.717, 1.165) is 5.56 Å². The predicted molar refractivity (Wildman–Crippen MR) is 125 cm³/mol. The molecule has 0 bridgehead atoms. The minimum absolute atomic E-state index is 0.0102. The van der Waals surface area contributed by atoms with Crippen LogP contribution in [-0.4, -0.2) is 45.7 Å². The minimum Gasteiger partial charge on any atom is -0.425 e. The van der Waals surface area contributed by atoms with E-state index in [2.05, 4.69) is 15.5 Å². The standard InChI is InChI=1S/C26H28F2N4O3/c1-15(2)20-10-9-18(11-21(20)28)25(17-7-5-4-6-8-17)29-26(34)22-12-19(27)14-32(22)24(33)13-23-31-30-16(3)35-23/h4-11,15,19,22,25H,12-14H2,1-3H3,(H,29,34). The highest BCUT2D eigenvalue weighted by Gasteiger charge is 2.40. The van der Waals surface area contributed by atoms with Gasteiger partial charge in [0.05, 0.1) is 12.6 Å². The molecule has 4 rings (SSSR count). The molecule has 7 nitrogen and oxygen atoms in total. The van der Waals surface area contributed by atoms with E-state index in [0.29, 0.717) is 17.0 Å². The summed E-state index contributed by atoms with van der Waals surface area (Å²) in [6.45, 7) is 5.22. The molecule has 184 valence electrons. The molecule has 1 aliphatic heterocycles. The Morgan fingerprint density at radius 1 is 1.14 bits per heavy atom. The summed E-state index contributed by atoms with van der Waals surface area (Å²) in [5, 5.41) is 10.4. The van der Waals surface area contributed by atoms with Crippen LogP contribution in [0.4, 0.5) is 8.78 Å². The normalized spacial score (nSPS) is 18.6. The van der Waals surface area contributed by atoms with Gasteiger partial charge >= 0.3 is 0 Å². The Morgan fingerprint density at radius 2 is 1.89 bits per heavy atom.